The molecule has 0 spiro atoms. The Morgan fingerprint density at radius 2 is 1.26 bits per heavy atom. The molecule has 0 atom stereocenters. The van der Waals surface area contributed by atoms with Crippen LogP contribution < -0.4 is 5.30 Å². The molecule has 0 saturated heterocycles. The fraction of sp³-hybridized carbons (Fsp3) is 0.667. The van der Waals surface area contributed by atoms with Crippen LogP contribution in [0.15, 0.2) is 24.3 Å². The number of benzene rings is 1. The molecule has 0 nitrogen and oxygen atoms in total. The van der Waals surface area contributed by atoms with Crippen molar-refractivity contribution in [2.45, 2.75) is 65.7 Å². The second kappa shape index (κ2) is 10.4. The van der Waals surface area contributed by atoms with Crippen molar-refractivity contribution in [2.24, 2.45) is 0 Å². The topological polar surface area (TPSA) is 0 Å². The normalized spacial score (nSPS) is 11.2. The summed E-state index contributed by atoms with van der Waals surface area (Å²) in [5.41, 5.74) is 1.47. The van der Waals surface area contributed by atoms with Gasteiger partial charge in [0.25, 0.3) is 0 Å². The van der Waals surface area contributed by atoms with Crippen LogP contribution in [-0.2, 0) is 6.42 Å². The molecule has 0 fully saturated rings. The van der Waals surface area contributed by atoms with Crippen molar-refractivity contribution in [3.63, 3.8) is 0 Å². The lowest BCUT2D eigenvalue weighted by atomic mass is 10.2. The first kappa shape index (κ1) is 16.7. The maximum atomic E-state index is 2.41. The Morgan fingerprint density at radius 1 is 0.737 bits per heavy atom. The van der Waals surface area contributed by atoms with Gasteiger partial charge in [-0.25, -0.2) is 0 Å². The molecule has 0 bridgehead atoms. The number of hydrogen-bond acceptors (Lipinski definition) is 0. The summed E-state index contributed by atoms with van der Waals surface area (Å²) in [6.45, 7) is 6.84. The third-order valence-corrected chi connectivity index (χ3v) is 6.51. The number of aryl methyl sites for hydroxylation is 1. The van der Waals surface area contributed by atoms with Crippen LogP contribution in [0.5, 0.6) is 0 Å². The molecule has 0 aliphatic heterocycles. The highest BCUT2D eigenvalue weighted by Gasteiger charge is 2.10. The Hall–Kier alpha value is -0.350. The van der Waals surface area contributed by atoms with E-state index in [9.17, 15) is 0 Å². The molecule has 1 rings (SSSR count). The summed E-state index contributed by atoms with van der Waals surface area (Å²) in [6, 6.07) is 9.49. The first-order valence-corrected chi connectivity index (χ1v) is 9.86. The van der Waals surface area contributed by atoms with Crippen molar-refractivity contribution in [3.05, 3.63) is 29.8 Å². The van der Waals surface area contributed by atoms with E-state index in [1.807, 2.05) is 0 Å². The zero-order valence-electron chi connectivity index (χ0n) is 13.1. The average Bonchev–Trinajstić information content (AvgIpc) is 2.46. The monoisotopic (exact) mass is 278 g/mol. The second-order valence-electron chi connectivity index (χ2n) is 5.42. The van der Waals surface area contributed by atoms with Crippen LogP contribution in [-0.4, -0.2) is 12.3 Å². The molecule has 108 valence electrons. The van der Waals surface area contributed by atoms with E-state index in [1.165, 1.54) is 56.4 Å². The van der Waals surface area contributed by atoms with Crippen LogP contribution in [0, 0.1) is 0 Å². The summed E-state index contributed by atoms with van der Waals surface area (Å²) in [4.78, 5) is 0. The summed E-state index contributed by atoms with van der Waals surface area (Å²) in [5.74, 6) is 0. The summed E-state index contributed by atoms with van der Waals surface area (Å²) < 4.78 is 0. The zero-order chi connectivity index (χ0) is 13.9. The molecule has 0 unspecified atom stereocenters. The van der Waals surface area contributed by atoms with E-state index in [-0.39, 0.29) is 7.92 Å². The molecular weight excluding hydrogens is 247 g/mol. The van der Waals surface area contributed by atoms with Gasteiger partial charge in [-0.2, -0.15) is 0 Å². The average molecular weight is 278 g/mol. The first-order chi connectivity index (χ1) is 9.31. The van der Waals surface area contributed by atoms with Crippen molar-refractivity contribution in [3.8, 4) is 0 Å². The van der Waals surface area contributed by atoms with Gasteiger partial charge in [-0.1, -0.05) is 78.6 Å². The van der Waals surface area contributed by atoms with E-state index < -0.39 is 0 Å². The molecule has 0 N–H and O–H groups in total. The molecule has 1 aromatic carbocycles. The number of hydrogen-bond donors (Lipinski definition) is 0. The first-order valence-electron chi connectivity index (χ1n) is 8.15. The Kier molecular flexibility index (Phi) is 9.18. The maximum absolute atomic E-state index is 2.41. The molecule has 19 heavy (non-hydrogen) atoms. The van der Waals surface area contributed by atoms with Gasteiger partial charge in [-0.15, -0.1) is 0 Å². The van der Waals surface area contributed by atoms with Crippen LogP contribution >= 0.6 is 7.92 Å². The van der Waals surface area contributed by atoms with Gasteiger partial charge in [0.2, 0.25) is 0 Å². The van der Waals surface area contributed by atoms with Gasteiger partial charge in [-0.05, 0) is 42.5 Å². The minimum absolute atomic E-state index is 0.104. The second-order valence-corrected chi connectivity index (χ2v) is 7.91. The van der Waals surface area contributed by atoms with Crippen molar-refractivity contribution in [1.29, 1.82) is 0 Å². The van der Waals surface area contributed by atoms with Crippen molar-refractivity contribution >= 4 is 13.2 Å². The fourth-order valence-corrected chi connectivity index (χ4v) is 4.94. The summed E-state index contributed by atoms with van der Waals surface area (Å²) in [5, 5.41) is 1.64. The predicted molar refractivity (Wildman–Crippen MR) is 91.2 cm³/mol. The number of rotatable bonds is 10. The largest absolute Gasteiger partial charge is 0.0753 e. The van der Waals surface area contributed by atoms with Crippen LogP contribution in [0.3, 0.4) is 0 Å². The molecule has 0 radical (unpaired) electrons. The minimum Gasteiger partial charge on any atom is -0.0753 e. The highest BCUT2D eigenvalue weighted by atomic mass is 31.1. The van der Waals surface area contributed by atoms with Gasteiger partial charge in [0.1, 0.15) is 0 Å². The quantitative estimate of drug-likeness (QED) is 0.378. The molecule has 0 aromatic heterocycles. The van der Waals surface area contributed by atoms with Gasteiger partial charge < -0.3 is 0 Å². The van der Waals surface area contributed by atoms with E-state index in [4.69, 9.17) is 0 Å². The lowest BCUT2D eigenvalue weighted by Crippen LogP contribution is -2.07. The predicted octanol–water partition coefficient (Wildman–Crippen LogP) is 5.74. The van der Waals surface area contributed by atoms with Crippen LogP contribution in [0.4, 0.5) is 0 Å². The maximum Gasteiger partial charge on any atom is -0.0240 e. The van der Waals surface area contributed by atoms with Gasteiger partial charge in [0.15, 0.2) is 0 Å². The zero-order valence-corrected chi connectivity index (χ0v) is 14.0. The molecular formula is C18H31P. The molecule has 0 aliphatic rings. The van der Waals surface area contributed by atoms with Gasteiger partial charge in [0.05, 0.1) is 0 Å². The van der Waals surface area contributed by atoms with E-state index in [2.05, 4.69) is 45.0 Å². The van der Waals surface area contributed by atoms with E-state index >= 15 is 0 Å². The molecule has 0 aliphatic carbocycles. The SMILES string of the molecule is CCCCCP(CCCCC)c1ccc(CC)cc1. The van der Waals surface area contributed by atoms with Crippen LogP contribution in [0.25, 0.3) is 0 Å². The van der Waals surface area contributed by atoms with Gasteiger partial charge in [0, 0.05) is 0 Å². The third kappa shape index (κ3) is 6.57. The minimum atomic E-state index is 0.104. The Labute approximate surface area is 121 Å². The van der Waals surface area contributed by atoms with Crippen LogP contribution in [0.1, 0.15) is 64.9 Å². The Bertz CT molecular complexity index is 305. The molecule has 0 amide bonds. The highest BCUT2D eigenvalue weighted by molar-refractivity contribution is 7.65. The van der Waals surface area contributed by atoms with E-state index in [1.54, 1.807) is 5.30 Å². The van der Waals surface area contributed by atoms with Gasteiger partial charge in [-0.3, -0.25) is 0 Å². The number of unbranched alkanes of at least 4 members (excludes halogenated alkanes) is 4. The summed E-state index contributed by atoms with van der Waals surface area (Å²) >= 11 is 0. The lowest BCUT2D eigenvalue weighted by molar-refractivity contribution is 0.763. The smallest absolute Gasteiger partial charge is 0.0240 e. The highest BCUT2D eigenvalue weighted by Crippen LogP contribution is 2.37. The lowest BCUT2D eigenvalue weighted by Gasteiger charge is -2.18. The van der Waals surface area contributed by atoms with Crippen LogP contribution in [0.2, 0.25) is 0 Å². The Morgan fingerprint density at radius 3 is 1.68 bits per heavy atom. The fourth-order valence-electron chi connectivity index (χ4n) is 2.42. The summed E-state index contributed by atoms with van der Waals surface area (Å²) in [7, 11) is 0.104. The van der Waals surface area contributed by atoms with E-state index in [0.29, 0.717) is 0 Å². The standard InChI is InChI=1S/C18H31P/c1-4-7-9-15-19(16-10-8-5-2)18-13-11-17(6-3)12-14-18/h11-14H,4-10,15-16H2,1-3H3. The van der Waals surface area contributed by atoms with Crippen molar-refractivity contribution in [2.75, 3.05) is 12.3 Å². The van der Waals surface area contributed by atoms with E-state index in [0.717, 1.165) is 6.42 Å². The molecule has 1 aromatic rings. The molecule has 0 saturated carbocycles. The van der Waals surface area contributed by atoms with Crippen molar-refractivity contribution < 1.29 is 0 Å². The Balaban J connectivity index is 2.58. The van der Waals surface area contributed by atoms with Gasteiger partial charge >= 0.3 is 0 Å². The summed E-state index contributed by atoms with van der Waals surface area (Å²) in [6.07, 6.45) is 12.4. The molecule has 1 heteroatoms. The van der Waals surface area contributed by atoms with Crippen molar-refractivity contribution in [1.82, 2.24) is 0 Å². The third-order valence-electron chi connectivity index (χ3n) is 3.77. The molecule has 0 heterocycles.